The van der Waals surface area contributed by atoms with Gasteiger partial charge < -0.3 is 28.8 Å². The highest BCUT2D eigenvalue weighted by molar-refractivity contribution is 5.74. The molecule has 1 N–H and O–H groups in total. The molecule has 2 fully saturated rings. The van der Waals surface area contributed by atoms with Crippen LogP contribution in [0.1, 0.15) is 58.3 Å². The van der Waals surface area contributed by atoms with Gasteiger partial charge in [-0.05, 0) is 57.1 Å². The Morgan fingerprint density at radius 3 is 2.63 bits per heavy atom. The summed E-state index contributed by atoms with van der Waals surface area (Å²) in [5, 5.41) is 9.80. The number of rotatable bonds is 14. The zero-order chi connectivity index (χ0) is 27.2. The average Bonchev–Trinajstić information content (AvgIpc) is 3.23. The molecule has 0 aromatic heterocycles. The van der Waals surface area contributed by atoms with E-state index in [0.29, 0.717) is 32.5 Å². The Labute approximate surface area is 225 Å². The second-order valence-electron chi connectivity index (χ2n) is 9.80. The summed E-state index contributed by atoms with van der Waals surface area (Å²) in [6.45, 7) is 2.70. The molecule has 1 aromatic carbocycles. The molecule has 6 atom stereocenters. The van der Waals surface area contributed by atoms with Crippen molar-refractivity contribution >= 4 is 11.9 Å². The minimum Gasteiger partial charge on any atom is -0.493 e. The standard InChI is InChI=1S/C30H42O8/c1-22(31)37-27-21-28(38-29-18-10-12-20-36-29)25(16-9-11-19-35-23-13-5-3-6-14-23)24(27)15-7-4-8-17-26(32)30(33)34-2/h3-7,9,13-14,16,24-29,32H,8,10-12,15,17-21H2,1-2H3/b7-4-,16-9+/t24-,25-,26?,27+,28-,29?/m1/s1. The molecule has 1 aliphatic heterocycles. The van der Waals surface area contributed by atoms with E-state index in [-0.39, 0.29) is 42.7 Å². The predicted molar refractivity (Wildman–Crippen MR) is 142 cm³/mol. The molecule has 2 aliphatic rings. The van der Waals surface area contributed by atoms with Crippen LogP contribution < -0.4 is 4.74 Å². The fourth-order valence-corrected chi connectivity index (χ4v) is 5.06. The van der Waals surface area contributed by atoms with Crippen molar-refractivity contribution in [1.29, 1.82) is 0 Å². The Morgan fingerprint density at radius 1 is 1.11 bits per heavy atom. The minimum absolute atomic E-state index is 0.0283. The summed E-state index contributed by atoms with van der Waals surface area (Å²) in [6, 6.07) is 9.72. The van der Waals surface area contributed by atoms with Crippen LogP contribution in [0.4, 0.5) is 0 Å². The summed E-state index contributed by atoms with van der Waals surface area (Å²) in [4.78, 5) is 23.3. The van der Waals surface area contributed by atoms with Gasteiger partial charge in [0, 0.05) is 31.8 Å². The predicted octanol–water partition coefficient (Wildman–Crippen LogP) is 4.75. The first-order valence-electron chi connectivity index (χ1n) is 13.7. The number of hydrogen-bond donors (Lipinski definition) is 1. The van der Waals surface area contributed by atoms with E-state index in [4.69, 9.17) is 18.9 Å². The molecule has 1 saturated heterocycles. The van der Waals surface area contributed by atoms with Crippen LogP contribution in [-0.4, -0.2) is 62.0 Å². The van der Waals surface area contributed by atoms with E-state index in [1.54, 1.807) is 0 Å². The van der Waals surface area contributed by atoms with Crippen molar-refractivity contribution < 1.29 is 38.4 Å². The number of benzene rings is 1. The summed E-state index contributed by atoms with van der Waals surface area (Å²) in [6.07, 6.45) is 12.3. The largest absolute Gasteiger partial charge is 0.493 e. The molecule has 0 spiro atoms. The normalized spacial score (nSPS) is 26.4. The average molecular weight is 531 g/mol. The van der Waals surface area contributed by atoms with Crippen molar-refractivity contribution in [2.24, 2.45) is 11.8 Å². The minimum atomic E-state index is -1.13. The van der Waals surface area contributed by atoms with E-state index < -0.39 is 12.1 Å². The highest BCUT2D eigenvalue weighted by atomic mass is 16.7. The van der Waals surface area contributed by atoms with Gasteiger partial charge in [0.15, 0.2) is 12.4 Å². The first kappa shape index (κ1) is 29.9. The number of esters is 2. The molecule has 0 bridgehead atoms. The summed E-state index contributed by atoms with van der Waals surface area (Å²) in [7, 11) is 1.26. The number of hydrogen-bond acceptors (Lipinski definition) is 8. The fraction of sp³-hybridized carbons (Fsp3) is 0.600. The molecule has 38 heavy (non-hydrogen) atoms. The zero-order valence-corrected chi connectivity index (χ0v) is 22.5. The van der Waals surface area contributed by atoms with Gasteiger partial charge in [0.05, 0.1) is 19.8 Å². The van der Waals surface area contributed by atoms with E-state index in [9.17, 15) is 14.7 Å². The van der Waals surface area contributed by atoms with Crippen molar-refractivity contribution in [3.8, 4) is 5.75 Å². The molecule has 0 radical (unpaired) electrons. The number of aliphatic hydroxyl groups excluding tert-OH is 1. The molecule has 1 heterocycles. The molecule has 1 saturated carbocycles. The molecule has 1 aromatic rings. The number of carbonyl (C=O) groups is 2. The van der Waals surface area contributed by atoms with Crippen LogP contribution >= 0.6 is 0 Å². The van der Waals surface area contributed by atoms with Gasteiger partial charge in [0.1, 0.15) is 11.9 Å². The highest BCUT2D eigenvalue weighted by Gasteiger charge is 2.44. The third-order valence-corrected chi connectivity index (χ3v) is 6.96. The molecule has 0 amide bonds. The lowest BCUT2D eigenvalue weighted by molar-refractivity contribution is -0.193. The van der Waals surface area contributed by atoms with Crippen LogP contribution in [0, 0.1) is 11.8 Å². The monoisotopic (exact) mass is 530 g/mol. The Balaban J connectivity index is 1.65. The lowest BCUT2D eigenvalue weighted by atomic mass is 9.89. The molecule has 3 rings (SSSR count). The first-order chi connectivity index (χ1) is 18.5. The van der Waals surface area contributed by atoms with Crippen molar-refractivity contribution in [3.05, 3.63) is 54.6 Å². The van der Waals surface area contributed by atoms with Crippen LogP contribution in [0.5, 0.6) is 5.75 Å². The quantitative estimate of drug-likeness (QED) is 0.209. The van der Waals surface area contributed by atoms with E-state index >= 15 is 0 Å². The van der Waals surface area contributed by atoms with E-state index in [1.807, 2.05) is 42.5 Å². The van der Waals surface area contributed by atoms with Gasteiger partial charge in [-0.2, -0.15) is 0 Å². The van der Waals surface area contributed by atoms with Crippen LogP contribution in [-0.2, 0) is 28.5 Å². The lowest BCUT2D eigenvalue weighted by Crippen LogP contribution is -2.30. The number of ether oxygens (including phenoxy) is 5. The Morgan fingerprint density at radius 2 is 1.92 bits per heavy atom. The topological polar surface area (TPSA) is 101 Å². The molecular formula is C30H42O8. The Kier molecular flexibility index (Phi) is 12.8. The number of aliphatic hydroxyl groups is 1. The van der Waals surface area contributed by atoms with Gasteiger partial charge >= 0.3 is 11.9 Å². The zero-order valence-electron chi connectivity index (χ0n) is 22.5. The van der Waals surface area contributed by atoms with Gasteiger partial charge in [0.25, 0.3) is 0 Å². The second-order valence-corrected chi connectivity index (χ2v) is 9.80. The fourth-order valence-electron chi connectivity index (χ4n) is 5.06. The van der Waals surface area contributed by atoms with Crippen molar-refractivity contribution in [2.45, 2.75) is 82.9 Å². The summed E-state index contributed by atoms with van der Waals surface area (Å²) < 4.78 is 28.4. The molecular weight excluding hydrogens is 488 g/mol. The Hall–Kier alpha value is -2.68. The van der Waals surface area contributed by atoms with Crippen molar-refractivity contribution in [2.75, 3.05) is 20.3 Å². The summed E-state index contributed by atoms with van der Waals surface area (Å²) in [5.41, 5.74) is 0. The molecule has 1 aliphatic carbocycles. The smallest absolute Gasteiger partial charge is 0.334 e. The maximum absolute atomic E-state index is 11.9. The van der Waals surface area contributed by atoms with Gasteiger partial charge in [-0.1, -0.05) is 42.5 Å². The SMILES string of the molecule is COC(=O)C(O)CC/C=C\C[C@@H]1[C@@H](/C=C/CCOc2ccccc2)[C@H](OC2CCCCO2)C[C@@H]1OC(C)=O. The lowest BCUT2D eigenvalue weighted by Gasteiger charge is -2.29. The van der Waals surface area contributed by atoms with Crippen LogP contribution in [0.15, 0.2) is 54.6 Å². The number of allylic oxidation sites excluding steroid dienone is 2. The maximum Gasteiger partial charge on any atom is 0.334 e. The van der Waals surface area contributed by atoms with Gasteiger partial charge in [-0.15, -0.1) is 0 Å². The Bertz CT molecular complexity index is 893. The van der Waals surface area contributed by atoms with Gasteiger partial charge in [-0.3, -0.25) is 4.79 Å². The van der Waals surface area contributed by atoms with Crippen LogP contribution in [0.2, 0.25) is 0 Å². The van der Waals surface area contributed by atoms with Crippen molar-refractivity contribution in [1.82, 2.24) is 0 Å². The molecule has 8 nitrogen and oxygen atoms in total. The van der Waals surface area contributed by atoms with E-state index in [1.165, 1.54) is 14.0 Å². The summed E-state index contributed by atoms with van der Waals surface area (Å²) in [5.74, 6) is -0.0330. The third-order valence-electron chi connectivity index (χ3n) is 6.96. The van der Waals surface area contributed by atoms with Gasteiger partial charge in [-0.25, -0.2) is 4.79 Å². The number of carbonyl (C=O) groups excluding carboxylic acids is 2. The van der Waals surface area contributed by atoms with Crippen LogP contribution in [0.3, 0.4) is 0 Å². The first-order valence-corrected chi connectivity index (χ1v) is 13.7. The van der Waals surface area contributed by atoms with Crippen LogP contribution in [0.25, 0.3) is 0 Å². The molecule has 2 unspecified atom stereocenters. The highest BCUT2D eigenvalue weighted by Crippen LogP contribution is 2.41. The number of methoxy groups -OCH3 is 1. The third kappa shape index (κ3) is 9.89. The van der Waals surface area contributed by atoms with E-state index in [0.717, 1.165) is 31.4 Å². The summed E-state index contributed by atoms with van der Waals surface area (Å²) >= 11 is 0. The van der Waals surface area contributed by atoms with E-state index in [2.05, 4.69) is 16.9 Å². The maximum atomic E-state index is 11.9. The van der Waals surface area contributed by atoms with Crippen molar-refractivity contribution in [3.63, 3.8) is 0 Å². The number of para-hydroxylation sites is 1. The van der Waals surface area contributed by atoms with Gasteiger partial charge in [0.2, 0.25) is 0 Å². The molecule has 8 heteroatoms. The molecule has 210 valence electrons. The second kappa shape index (κ2) is 16.3.